The van der Waals surface area contributed by atoms with Gasteiger partial charge in [0.25, 0.3) is 0 Å². The Morgan fingerprint density at radius 3 is 2.51 bits per heavy atom. The lowest BCUT2D eigenvalue weighted by Gasteiger charge is -2.27. The van der Waals surface area contributed by atoms with Crippen LogP contribution in [-0.4, -0.2) is 11.8 Å². The van der Waals surface area contributed by atoms with Gasteiger partial charge < -0.3 is 14.6 Å². The molecule has 35 heavy (non-hydrogen) atoms. The second-order valence-electron chi connectivity index (χ2n) is 9.39. The number of hydrogen-bond donors (Lipinski definition) is 1. The number of aromatic nitrogens is 1. The van der Waals surface area contributed by atoms with E-state index in [1.165, 1.54) is 49.5 Å². The average Bonchev–Trinajstić information content (AvgIpc) is 3.23. The van der Waals surface area contributed by atoms with E-state index in [2.05, 4.69) is 96.9 Å². The molecule has 0 saturated heterocycles. The summed E-state index contributed by atoms with van der Waals surface area (Å²) in [6, 6.07) is 34.3. The average molecular weight is 447 g/mol. The first-order chi connectivity index (χ1) is 17.3. The van der Waals surface area contributed by atoms with Crippen molar-refractivity contribution in [3.63, 3.8) is 0 Å². The highest BCUT2D eigenvalue weighted by atomic mass is 16.5. The maximum atomic E-state index is 6.28. The summed E-state index contributed by atoms with van der Waals surface area (Å²) in [4.78, 5) is 0. The Labute approximate surface area is 203 Å². The van der Waals surface area contributed by atoms with Gasteiger partial charge in [0.05, 0.1) is 16.9 Å². The zero-order valence-corrected chi connectivity index (χ0v) is 19.2. The molecule has 0 saturated carbocycles. The molecule has 0 bridgehead atoms. The third-order valence-electron chi connectivity index (χ3n) is 7.25. The van der Waals surface area contributed by atoms with E-state index in [1.54, 1.807) is 0 Å². The summed E-state index contributed by atoms with van der Waals surface area (Å²) >= 11 is 0. The van der Waals surface area contributed by atoms with Crippen LogP contribution in [0.25, 0.3) is 38.6 Å². The summed E-state index contributed by atoms with van der Waals surface area (Å²) in [5.41, 5.74) is 11.8. The van der Waals surface area contributed by atoms with E-state index in [0.29, 0.717) is 0 Å². The number of rotatable bonds is 1. The molecule has 4 heteroatoms. The van der Waals surface area contributed by atoms with E-state index in [9.17, 15) is 0 Å². The molecule has 0 unspecified atom stereocenters. The minimum atomic E-state index is 0.849. The van der Waals surface area contributed by atoms with Crippen LogP contribution in [0.4, 0.5) is 11.4 Å². The van der Waals surface area contributed by atoms with E-state index in [1.807, 2.05) is 24.3 Å². The SMILES string of the molecule is Cc1cc(-c2cccc3c2Nc2ccccc2O3)c2c(c1)-n1c3ccccc3c3cccc(c31)[B]2. The lowest BCUT2D eigenvalue weighted by Crippen LogP contribution is -2.37. The molecule has 0 atom stereocenters. The van der Waals surface area contributed by atoms with Crippen LogP contribution in [0.1, 0.15) is 5.56 Å². The van der Waals surface area contributed by atoms with Gasteiger partial charge in [0, 0.05) is 27.5 Å². The monoisotopic (exact) mass is 447 g/mol. The van der Waals surface area contributed by atoms with Gasteiger partial charge >= 0.3 is 0 Å². The third-order valence-corrected chi connectivity index (χ3v) is 7.25. The molecule has 2 aliphatic heterocycles. The summed E-state index contributed by atoms with van der Waals surface area (Å²) in [5.74, 6) is 1.70. The lowest BCUT2D eigenvalue weighted by atomic mass is 9.59. The quantitative estimate of drug-likeness (QED) is 0.288. The molecule has 3 heterocycles. The number of hydrogen-bond acceptors (Lipinski definition) is 2. The second-order valence-corrected chi connectivity index (χ2v) is 9.39. The van der Waals surface area contributed by atoms with E-state index in [0.717, 1.165) is 28.4 Å². The van der Waals surface area contributed by atoms with Gasteiger partial charge in [-0.1, -0.05) is 72.2 Å². The topological polar surface area (TPSA) is 26.2 Å². The van der Waals surface area contributed by atoms with Crippen LogP contribution in [0, 0.1) is 6.92 Å². The normalized spacial score (nSPS) is 12.8. The van der Waals surface area contributed by atoms with Crippen molar-refractivity contribution in [3.05, 3.63) is 103 Å². The Kier molecular flexibility index (Phi) is 3.68. The smallest absolute Gasteiger partial charge is 0.197 e. The molecule has 0 fully saturated rings. The van der Waals surface area contributed by atoms with Crippen molar-refractivity contribution < 1.29 is 4.74 Å². The minimum Gasteiger partial charge on any atom is -0.453 e. The first-order valence-corrected chi connectivity index (χ1v) is 12.0. The number of nitrogens with zero attached hydrogens (tertiary/aromatic N) is 1. The molecule has 1 N–H and O–H groups in total. The van der Waals surface area contributed by atoms with Gasteiger partial charge in [-0.3, -0.25) is 0 Å². The summed E-state index contributed by atoms with van der Waals surface area (Å²) < 4.78 is 8.73. The highest BCUT2D eigenvalue weighted by Gasteiger charge is 2.27. The van der Waals surface area contributed by atoms with Gasteiger partial charge in [0.15, 0.2) is 18.8 Å². The molecular weight excluding hydrogens is 427 g/mol. The standard InChI is InChI=1S/C31H20BN2O/c1-18-16-22(20-9-7-15-28-30(20)33-24-12-3-5-14-27(24)35-28)29-26(17-18)34-25-13-4-2-8-19(25)21-10-6-11-23(32-29)31(21)34/h2-17,33H,1H3. The molecule has 1 radical (unpaired) electrons. The number of benzene rings is 5. The highest BCUT2D eigenvalue weighted by molar-refractivity contribution is 6.73. The van der Waals surface area contributed by atoms with E-state index < -0.39 is 0 Å². The Bertz CT molecular complexity index is 1850. The fourth-order valence-electron chi connectivity index (χ4n) is 5.79. The number of ether oxygens (including phenoxy) is 1. The Morgan fingerprint density at radius 1 is 0.743 bits per heavy atom. The summed E-state index contributed by atoms with van der Waals surface area (Å²) in [6.07, 6.45) is 0. The highest BCUT2D eigenvalue weighted by Crippen LogP contribution is 2.46. The largest absolute Gasteiger partial charge is 0.453 e. The molecule has 1 aromatic heterocycles. The molecule has 2 aliphatic rings. The molecule has 0 aliphatic carbocycles. The molecule has 0 spiro atoms. The van der Waals surface area contributed by atoms with Gasteiger partial charge in [-0.15, -0.1) is 0 Å². The van der Waals surface area contributed by atoms with Crippen molar-refractivity contribution in [3.8, 4) is 28.3 Å². The van der Waals surface area contributed by atoms with Crippen molar-refractivity contribution in [2.45, 2.75) is 6.92 Å². The van der Waals surface area contributed by atoms with Crippen LogP contribution in [0.15, 0.2) is 97.1 Å². The molecule has 5 aromatic carbocycles. The number of fused-ring (bicyclic) bond motifs is 7. The summed E-state index contributed by atoms with van der Waals surface area (Å²) in [6.45, 7) is 2.18. The van der Waals surface area contributed by atoms with Crippen LogP contribution in [0.5, 0.6) is 11.5 Å². The number of aryl methyl sites for hydroxylation is 1. The molecule has 3 nitrogen and oxygen atoms in total. The predicted octanol–water partition coefficient (Wildman–Crippen LogP) is 6.58. The lowest BCUT2D eigenvalue weighted by molar-refractivity contribution is 0.481. The molecular formula is C31H20BN2O. The van der Waals surface area contributed by atoms with Crippen molar-refractivity contribution in [1.82, 2.24) is 4.57 Å². The summed E-state index contributed by atoms with van der Waals surface area (Å²) in [7, 11) is 2.35. The Balaban J connectivity index is 1.42. The maximum Gasteiger partial charge on any atom is 0.197 e. The first kappa shape index (κ1) is 18.9. The van der Waals surface area contributed by atoms with Gasteiger partial charge in [0.2, 0.25) is 0 Å². The summed E-state index contributed by atoms with van der Waals surface area (Å²) in [5, 5.41) is 6.24. The Hall–Kier alpha value is -4.44. The van der Waals surface area contributed by atoms with Gasteiger partial charge in [-0.25, -0.2) is 0 Å². The van der Waals surface area contributed by atoms with Crippen molar-refractivity contribution in [2.75, 3.05) is 5.32 Å². The molecule has 8 rings (SSSR count). The molecule has 6 aromatic rings. The minimum absolute atomic E-state index is 0.849. The number of nitrogens with one attached hydrogen (secondary N) is 1. The maximum absolute atomic E-state index is 6.28. The Morgan fingerprint density at radius 2 is 1.54 bits per heavy atom. The van der Waals surface area contributed by atoms with Gasteiger partial charge in [-0.05, 0) is 53.8 Å². The van der Waals surface area contributed by atoms with Crippen LogP contribution in [-0.2, 0) is 0 Å². The van der Waals surface area contributed by atoms with Crippen molar-refractivity contribution >= 4 is 51.4 Å². The number of anilines is 2. The van der Waals surface area contributed by atoms with Crippen LogP contribution >= 0.6 is 0 Å². The van der Waals surface area contributed by atoms with Crippen molar-refractivity contribution in [2.24, 2.45) is 0 Å². The first-order valence-electron chi connectivity index (χ1n) is 12.0. The fraction of sp³-hybridized carbons (Fsp3) is 0.0323. The van der Waals surface area contributed by atoms with Crippen LogP contribution in [0.2, 0.25) is 0 Å². The van der Waals surface area contributed by atoms with E-state index in [4.69, 9.17) is 4.74 Å². The van der Waals surface area contributed by atoms with E-state index >= 15 is 0 Å². The van der Waals surface area contributed by atoms with Crippen LogP contribution in [0.3, 0.4) is 0 Å². The molecule has 0 amide bonds. The molecule has 163 valence electrons. The van der Waals surface area contributed by atoms with Gasteiger partial charge in [0.1, 0.15) is 0 Å². The predicted molar refractivity (Wildman–Crippen MR) is 146 cm³/mol. The van der Waals surface area contributed by atoms with Crippen molar-refractivity contribution in [1.29, 1.82) is 0 Å². The number of para-hydroxylation sites is 5. The van der Waals surface area contributed by atoms with E-state index in [-0.39, 0.29) is 0 Å². The second kappa shape index (κ2) is 6.80. The van der Waals surface area contributed by atoms with Crippen LogP contribution < -0.4 is 21.0 Å². The zero-order chi connectivity index (χ0) is 23.1. The fourth-order valence-corrected chi connectivity index (χ4v) is 5.79. The zero-order valence-electron chi connectivity index (χ0n) is 19.2. The third kappa shape index (κ3) is 2.57. The van der Waals surface area contributed by atoms with Gasteiger partial charge in [-0.2, -0.15) is 0 Å².